The van der Waals surface area contributed by atoms with Gasteiger partial charge in [0, 0.05) is 39.3 Å². The van der Waals surface area contributed by atoms with Crippen LogP contribution in [0.4, 0.5) is 0 Å². The molecule has 2 saturated heterocycles. The van der Waals surface area contributed by atoms with Crippen LogP contribution in [0.25, 0.3) is 0 Å². The molecule has 0 bridgehead atoms. The highest BCUT2D eigenvalue weighted by molar-refractivity contribution is 5.85. The van der Waals surface area contributed by atoms with Crippen LogP contribution in [0.5, 0.6) is 0 Å². The fourth-order valence-corrected chi connectivity index (χ4v) is 3.77. The van der Waals surface area contributed by atoms with E-state index < -0.39 is 0 Å². The molecule has 7 nitrogen and oxygen atoms in total. The highest BCUT2D eigenvalue weighted by Gasteiger charge is 2.41. The highest BCUT2D eigenvalue weighted by Crippen LogP contribution is 2.24. The van der Waals surface area contributed by atoms with Crippen LogP contribution in [0.1, 0.15) is 19.4 Å². The van der Waals surface area contributed by atoms with Crippen molar-refractivity contribution >= 4 is 11.9 Å². The van der Waals surface area contributed by atoms with Gasteiger partial charge in [-0.1, -0.05) is 30.3 Å². The van der Waals surface area contributed by atoms with Crippen LogP contribution in [0.3, 0.4) is 0 Å². The van der Waals surface area contributed by atoms with E-state index in [1.807, 2.05) is 13.8 Å². The van der Waals surface area contributed by atoms with E-state index in [0.717, 1.165) is 45.3 Å². The third-order valence-electron chi connectivity index (χ3n) is 5.03. The summed E-state index contributed by atoms with van der Waals surface area (Å²) in [5.74, 6) is 0.743. The Balaban J connectivity index is 1.66. The Morgan fingerprint density at radius 3 is 2.70 bits per heavy atom. The molecule has 1 amide bonds. The Morgan fingerprint density at radius 1 is 1.19 bits per heavy atom. The van der Waals surface area contributed by atoms with Crippen molar-refractivity contribution in [3.8, 4) is 0 Å². The summed E-state index contributed by atoms with van der Waals surface area (Å²) in [5.41, 5.74) is 1.33. The van der Waals surface area contributed by atoms with Crippen LogP contribution >= 0.6 is 0 Å². The summed E-state index contributed by atoms with van der Waals surface area (Å²) in [6.07, 6.45) is 0.177. The number of fused-ring (bicyclic) bond motifs is 1. The normalized spacial score (nSPS) is 23.2. The van der Waals surface area contributed by atoms with Gasteiger partial charge in [0.15, 0.2) is 5.96 Å². The molecular formula is C20H31N5O2. The predicted octanol–water partition coefficient (Wildman–Crippen LogP) is 0.673. The highest BCUT2D eigenvalue weighted by atomic mass is 16.5. The molecule has 27 heavy (non-hydrogen) atoms. The lowest BCUT2D eigenvalue weighted by Gasteiger charge is -2.36. The van der Waals surface area contributed by atoms with Crippen LogP contribution in [0, 0.1) is 0 Å². The van der Waals surface area contributed by atoms with Gasteiger partial charge in [0.2, 0.25) is 5.91 Å². The van der Waals surface area contributed by atoms with Crippen molar-refractivity contribution in [2.75, 3.05) is 45.9 Å². The van der Waals surface area contributed by atoms with Crippen molar-refractivity contribution in [1.82, 2.24) is 20.4 Å². The van der Waals surface area contributed by atoms with Crippen LogP contribution in [0.2, 0.25) is 0 Å². The van der Waals surface area contributed by atoms with Gasteiger partial charge in [-0.05, 0) is 19.4 Å². The Kier molecular flexibility index (Phi) is 7.06. The fraction of sp³-hybridized carbons (Fsp3) is 0.600. The average molecular weight is 374 g/mol. The van der Waals surface area contributed by atoms with Crippen molar-refractivity contribution in [2.24, 2.45) is 4.99 Å². The first kappa shape index (κ1) is 19.6. The smallest absolute Gasteiger partial charge is 0.241 e. The minimum Gasteiger partial charge on any atom is -0.373 e. The third kappa shape index (κ3) is 5.20. The predicted molar refractivity (Wildman–Crippen MR) is 107 cm³/mol. The number of hydrogen-bond acceptors (Lipinski definition) is 4. The summed E-state index contributed by atoms with van der Waals surface area (Å²) in [7, 11) is 0. The maximum atomic E-state index is 11.8. The summed E-state index contributed by atoms with van der Waals surface area (Å²) in [5, 5.41) is 6.11. The molecule has 3 rings (SSSR count). The number of hydrogen-bond donors (Lipinski definition) is 2. The maximum Gasteiger partial charge on any atom is 0.241 e. The monoisotopic (exact) mass is 373 g/mol. The van der Waals surface area contributed by atoms with Gasteiger partial charge in [-0.3, -0.25) is 9.69 Å². The van der Waals surface area contributed by atoms with Crippen molar-refractivity contribution in [3.05, 3.63) is 35.9 Å². The number of morpholine rings is 1. The Bertz CT molecular complexity index is 637. The number of likely N-dealkylation sites (tertiary alicyclic amines) is 1. The number of nitrogens with one attached hydrogen (secondary N) is 2. The van der Waals surface area contributed by atoms with Gasteiger partial charge in [-0.2, -0.15) is 0 Å². The molecular weight excluding hydrogens is 342 g/mol. The maximum absolute atomic E-state index is 11.8. The lowest BCUT2D eigenvalue weighted by Crippen LogP contribution is -2.50. The van der Waals surface area contributed by atoms with Gasteiger partial charge in [-0.15, -0.1) is 0 Å². The number of amides is 1. The largest absolute Gasteiger partial charge is 0.373 e. The van der Waals surface area contributed by atoms with Crippen molar-refractivity contribution in [3.63, 3.8) is 0 Å². The van der Waals surface area contributed by atoms with E-state index in [1.54, 1.807) is 0 Å². The number of aliphatic imine (C=N–C) groups is 1. The van der Waals surface area contributed by atoms with Gasteiger partial charge in [-0.25, -0.2) is 4.99 Å². The number of carbonyl (C=O) groups excluding carboxylic acids is 1. The first-order chi connectivity index (χ1) is 13.2. The lowest BCUT2D eigenvalue weighted by atomic mass is 10.1. The molecule has 2 aliphatic heterocycles. The molecule has 2 atom stereocenters. The van der Waals surface area contributed by atoms with Crippen molar-refractivity contribution in [2.45, 2.75) is 32.5 Å². The molecule has 7 heteroatoms. The molecule has 2 aliphatic rings. The molecule has 2 N–H and O–H groups in total. The molecule has 0 spiro atoms. The Labute approximate surface area is 161 Å². The zero-order valence-electron chi connectivity index (χ0n) is 16.4. The molecule has 2 heterocycles. The van der Waals surface area contributed by atoms with E-state index in [-0.39, 0.29) is 18.6 Å². The number of benzene rings is 1. The average Bonchev–Trinajstić information content (AvgIpc) is 3.11. The molecule has 0 aliphatic carbocycles. The van der Waals surface area contributed by atoms with E-state index in [2.05, 4.69) is 55.8 Å². The number of nitrogens with zero attached hydrogens (tertiary/aromatic N) is 3. The lowest BCUT2D eigenvalue weighted by molar-refractivity contribution is -0.119. The van der Waals surface area contributed by atoms with E-state index in [4.69, 9.17) is 4.74 Å². The van der Waals surface area contributed by atoms with E-state index in [1.165, 1.54) is 5.56 Å². The zero-order chi connectivity index (χ0) is 19.1. The summed E-state index contributed by atoms with van der Waals surface area (Å²) >= 11 is 0. The topological polar surface area (TPSA) is 69.2 Å². The van der Waals surface area contributed by atoms with E-state index in [0.29, 0.717) is 12.6 Å². The second-order valence-electron chi connectivity index (χ2n) is 6.96. The standard InChI is InChI=1S/C20H31N5O2/c1-3-21-19(26)12-23-20(22-4-2)25-14-17-18(15-25)27-11-10-24(17)13-16-8-6-5-7-9-16/h5-9,17-18H,3-4,10-15H2,1-2H3,(H,21,26)(H,22,23). The molecule has 1 aromatic rings. The second kappa shape index (κ2) is 9.71. The number of guanidine groups is 1. The quantitative estimate of drug-likeness (QED) is 0.567. The van der Waals surface area contributed by atoms with Crippen LogP contribution in [-0.4, -0.2) is 79.7 Å². The summed E-state index contributed by atoms with van der Waals surface area (Å²) in [6.45, 7) is 9.80. The molecule has 2 unspecified atom stereocenters. The Hall–Kier alpha value is -2.12. The third-order valence-corrected chi connectivity index (χ3v) is 5.03. The first-order valence-corrected chi connectivity index (χ1v) is 9.90. The number of ether oxygens (including phenoxy) is 1. The molecule has 0 aromatic heterocycles. The van der Waals surface area contributed by atoms with Gasteiger partial charge < -0.3 is 20.3 Å². The second-order valence-corrected chi connectivity index (χ2v) is 6.96. The SMILES string of the molecule is CCNC(=O)CN=C(NCC)N1CC2OCCN(Cc3ccccc3)C2C1. The molecule has 1 aromatic carbocycles. The van der Waals surface area contributed by atoms with Gasteiger partial charge in [0.1, 0.15) is 6.54 Å². The molecule has 2 fully saturated rings. The van der Waals surface area contributed by atoms with Crippen molar-refractivity contribution in [1.29, 1.82) is 0 Å². The summed E-state index contributed by atoms with van der Waals surface area (Å²) < 4.78 is 6.05. The zero-order valence-corrected chi connectivity index (χ0v) is 16.4. The minimum absolute atomic E-state index is 0.0496. The van der Waals surface area contributed by atoms with Crippen LogP contribution in [-0.2, 0) is 16.1 Å². The number of rotatable bonds is 6. The summed E-state index contributed by atoms with van der Waals surface area (Å²) in [6, 6.07) is 10.9. The first-order valence-electron chi connectivity index (χ1n) is 9.90. The van der Waals surface area contributed by atoms with E-state index in [9.17, 15) is 4.79 Å². The van der Waals surface area contributed by atoms with Gasteiger partial charge in [0.05, 0.1) is 18.8 Å². The molecule has 0 saturated carbocycles. The van der Waals surface area contributed by atoms with Crippen LogP contribution < -0.4 is 10.6 Å². The number of carbonyl (C=O) groups is 1. The Morgan fingerprint density at radius 2 is 1.96 bits per heavy atom. The van der Waals surface area contributed by atoms with Gasteiger partial charge >= 0.3 is 0 Å². The van der Waals surface area contributed by atoms with Crippen molar-refractivity contribution < 1.29 is 9.53 Å². The van der Waals surface area contributed by atoms with Crippen LogP contribution in [0.15, 0.2) is 35.3 Å². The summed E-state index contributed by atoms with van der Waals surface area (Å²) in [4.78, 5) is 21.0. The minimum atomic E-state index is -0.0496. The van der Waals surface area contributed by atoms with E-state index >= 15 is 0 Å². The van der Waals surface area contributed by atoms with Gasteiger partial charge in [0.25, 0.3) is 0 Å². The fourth-order valence-electron chi connectivity index (χ4n) is 3.77. The number of likely N-dealkylation sites (N-methyl/N-ethyl adjacent to an activating group) is 1. The molecule has 0 radical (unpaired) electrons. The molecule has 148 valence electrons.